The van der Waals surface area contributed by atoms with Crippen molar-refractivity contribution in [2.45, 2.75) is 192 Å². The Balaban J connectivity index is -0.000000676. The quantitative estimate of drug-likeness (QED) is 0.235. The second kappa shape index (κ2) is 21.9. The molecule has 3 heterocycles. The van der Waals surface area contributed by atoms with Gasteiger partial charge in [-0.15, -0.1) is 0 Å². The fraction of sp³-hybridized carbons (Fsp3) is 1.00. The Kier molecular flexibility index (Phi) is 24.9. The topological polar surface area (TPSA) is 126 Å². The monoisotopic (exact) mass is 974 g/mol. The Hall–Kier alpha value is 2.83. The molecule has 3 saturated heterocycles. The summed E-state index contributed by atoms with van der Waals surface area (Å²) in [5.74, 6) is -3.23. The van der Waals surface area contributed by atoms with Gasteiger partial charge in [-0.3, -0.25) is 0 Å². The predicted octanol–water partition coefficient (Wildman–Crippen LogP) is 6.02. The molecule has 12 nitrogen and oxygen atoms in total. The summed E-state index contributed by atoms with van der Waals surface area (Å²) in [6, 6.07) is 0. The van der Waals surface area contributed by atoms with E-state index in [9.17, 15) is 15.3 Å². The van der Waals surface area contributed by atoms with E-state index in [2.05, 4.69) is 60.5 Å². The van der Waals surface area contributed by atoms with E-state index in [-0.39, 0.29) is 137 Å². The Labute approximate surface area is 393 Å². The van der Waals surface area contributed by atoms with Crippen LogP contribution in [-0.2, 0) is 127 Å². The number of hydrogen-bond acceptors (Lipinski definition) is 12. The van der Waals surface area contributed by atoms with Gasteiger partial charge in [0, 0.05) is 185 Å². The minimum atomic E-state index is -1.09. The molecule has 3 N–H and O–H groups in total. The molecule has 3 rings (SSSR count). The van der Waals surface area contributed by atoms with Gasteiger partial charge in [0.25, 0.3) is 0 Å². The minimum absolute atomic E-state index is 0. The Morgan fingerprint density at radius 1 is 0.481 bits per heavy atom. The first kappa shape index (κ1) is 59.1. The average molecular weight is 975 g/mol. The van der Waals surface area contributed by atoms with Crippen LogP contribution >= 0.6 is 0 Å². The number of methoxy groups -OCH3 is 3. The molecule has 52 heavy (non-hydrogen) atoms. The van der Waals surface area contributed by atoms with Gasteiger partial charge in [-0.25, -0.2) is 0 Å². The fourth-order valence-electron chi connectivity index (χ4n) is 9.55. The molecule has 3 fully saturated rings. The maximum absolute atomic E-state index is 10.8. The Morgan fingerprint density at radius 2 is 0.808 bits per heavy atom. The molecule has 6 atom stereocenters. The van der Waals surface area contributed by atoms with Crippen molar-refractivity contribution in [3.05, 3.63) is 0 Å². The molecule has 0 amide bonds. The fourth-order valence-corrected chi connectivity index (χ4v) is 9.55. The van der Waals surface area contributed by atoms with Gasteiger partial charge in [0.1, 0.15) is 0 Å². The van der Waals surface area contributed by atoms with E-state index < -0.39 is 17.4 Å². The summed E-state index contributed by atoms with van der Waals surface area (Å²) in [5, 5.41) is 37.4. The van der Waals surface area contributed by atoms with Gasteiger partial charge in [0.15, 0.2) is 17.4 Å². The van der Waals surface area contributed by atoms with Crippen molar-refractivity contribution in [2.75, 3.05) is 42.7 Å². The van der Waals surface area contributed by atoms with Crippen LogP contribution < -0.4 is 0 Å². The zero-order chi connectivity index (χ0) is 38.7. The van der Waals surface area contributed by atoms with Crippen LogP contribution in [0.2, 0.25) is 0 Å². The van der Waals surface area contributed by atoms with Gasteiger partial charge < -0.3 is 44.0 Å². The van der Waals surface area contributed by atoms with Crippen molar-refractivity contribution in [2.24, 2.45) is 5.92 Å². The number of rotatable bonds is 9. The number of hydrogen-bond donors (Lipinski definition) is 3. The molecule has 3 aliphatic rings. The Morgan fingerprint density at radius 3 is 1.10 bits per heavy atom. The first-order chi connectivity index (χ1) is 22.1. The average Bonchev–Trinajstić information content (AvgIpc) is 2.99. The second-order valence-electron chi connectivity index (χ2n) is 17.2. The summed E-state index contributed by atoms with van der Waals surface area (Å²) in [7, 11) is 9.77. The summed E-state index contributed by atoms with van der Waals surface area (Å²) in [5.41, 5.74) is -1.43. The van der Waals surface area contributed by atoms with Gasteiger partial charge in [-0.2, -0.15) is 15.2 Å². The first-order valence-electron chi connectivity index (χ1n) is 18.0. The number of aliphatic hydroxyl groups is 3. The summed E-state index contributed by atoms with van der Waals surface area (Å²) in [6.45, 7) is 27.0. The molecular formula is C37H77N3O9Y3. The number of hydroxylamine groups is 6. The van der Waals surface area contributed by atoms with E-state index in [1.54, 1.807) is 42.7 Å². The molecular weight excluding hydrogens is 897 g/mol. The van der Waals surface area contributed by atoms with E-state index in [0.717, 1.165) is 19.3 Å². The van der Waals surface area contributed by atoms with Crippen LogP contribution in [0.1, 0.15) is 141 Å². The van der Waals surface area contributed by atoms with Crippen molar-refractivity contribution >= 4 is 0 Å². The van der Waals surface area contributed by atoms with Crippen molar-refractivity contribution in [1.82, 2.24) is 15.2 Å². The molecule has 15 heteroatoms. The van der Waals surface area contributed by atoms with Crippen LogP contribution in [0, 0.1) is 5.92 Å². The van der Waals surface area contributed by atoms with E-state index in [0.29, 0.717) is 32.1 Å². The molecule has 3 radical (unpaired) electrons. The van der Waals surface area contributed by atoms with Crippen LogP contribution in [0.4, 0.5) is 0 Å². The van der Waals surface area contributed by atoms with E-state index in [1.807, 2.05) is 44.7 Å². The molecule has 0 aromatic heterocycles. The normalized spacial score (nSPS) is 36.7. The SMILES string of the molecule is CCC1(C)CC(O)(OC)C(C)C(C)(CC)N1OC.CCC1(C)CC(O)(OC)CC(C)(C)N1OC.CON1C(C)(C)CC(O)(OC)CC1(C)C.[Y].[Y].[Y]. The zero-order valence-electron chi connectivity index (χ0n) is 36.6. The molecule has 0 bridgehead atoms. The number of nitrogens with zero attached hydrogens (tertiary/aromatic N) is 3. The van der Waals surface area contributed by atoms with Gasteiger partial charge in [0.2, 0.25) is 0 Å². The summed E-state index contributed by atoms with van der Waals surface area (Å²) in [6.07, 6.45) is 5.41. The molecule has 0 aromatic carbocycles. The maximum Gasteiger partial charge on any atom is 0.171 e. The third-order valence-electron chi connectivity index (χ3n) is 12.0. The molecule has 0 saturated carbocycles. The van der Waals surface area contributed by atoms with E-state index in [4.69, 9.17) is 28.7 Å². The van der Waals surface area contributed by atoms with Crippen molar-refractivity contribution < 1.29 is 142 Å². The molecule has 6 unspecified atom stereocenters. The smallest absolute Gasteiger partial charge is 0.171 e. The van der Waals surface area contributed by atoms with Gasteiger partial charge in [-0.05, 0) is 81.6 Å². The first-order valence-corrected chi connectivity index (χ1v) is 18.0. The maximum atomic E-state index is 10.8. The van der Waals surface area contributed by atoms with Gasteiger partial charge in [0.05, 0.1) is 26.9 Å². The van der Waals surface area contributed by atoms with Crippen molar-refractivity contribution in [3.63, 3.8) is 0 Å². The van der Waals surface area contributed by atoms with Crippen LogP contribution in [-0.4, -0.2) is 124 Å². The molecule has 0 aliphatic carbocycles. The predicted molar refractivity (Wildman–Crippen MR) is 193 cm³/mol. The van der Waals surface area contributed by atoms with Crippen molar-refractivity contribution in [1.29, 1.82) is 0 Å². The molecule has 0 spiro atoms. The zero-order valence-corrected chi connectivity index (χ0v) is 45.1. The summed E-state index contributed by atoms with van der Waals surface area (Å²) >= 11 is 0. The Bertz CT molecular complexity index is 1050. The van der Waals surface area contributed by atoms with Crippen LogP contribution in [0.5, 0.6) is 0 Å². The minimum Gasteiger partial charge on any atom is -0.365 e. The van der Waals surface area contributed by atoms with Crippen molar-refractivity contribution in [3.8, 4) is 0 Å². The largest absolute Gasteiger partial charge is 0.365 e. The van der Waals surface area contributed by atoms with Crippen LogP contribution in [0.25, 0.3) is 0 Å². The third-order valence-corrected chi connectivity index (χ3v) is 12.0. The van der Waals surface area contributed by atoms with E-state index in [1.165, 1.54) is 0 Å². The number of piperidine rings is 3. The standard InChI is InChI=1S/C14H29NO3.C12H25NO3.C11H23NO3.3Y/c1-8-12(4)10-14(16,17-6)11(3)13(5,9-2)15(12)18-7;1-7-11(4)9-12(14,15-5)8-10(2,3)13(11)16-6;1-9(2)7-11(13,14-5)8-10(3,4)12(9)15-6;;;/h11,16H,8-10H2,1-7H3;14H,7-9H2,1-6H3;13H,7-8H2,1-6H3;;;. The molecule has 303 valence electrons. The summed E-state index contributed by atoms with van der Waals surface area (Å²) in [4.78, 5) is 16.6. The van der Waals surface area contributed by atoms with E-state index >= 15 is 0 Å². The molecule has 3 aliphatic heterocycles. The van der Waals surface area contributed by atoms with Crippen LogP contribution in [0.3, 0.4) is 0 Å². The summed E-state index contributed by atoms with van der Waals surface area (Å²) < 4.78 is 15.9. The van der Waals surface area contributed by atoms with Gasteiger partial charge in [-0.1, -0.05) is 27.7 Å². The second-order valence-corrected chi connectivity index (χ2v) is 17.2. The van der Waals surface area contributed by atoms with Gasteiger partial charge >= 0.3 is 0 Å². The third kappa shape index (κ3) is 12.9. The molecule has 0 aromatic rings. The number of ether oxygens (including phenoxy) is 3. The van der Waals surface area contributed by atoms with Crippen LogP contribution in [0.15, 0.2) is 0 Å².